The Morgan fingerprint density at radius 3 is 2.66 bits per heavy atom. The van der Waals surface area contributed by atoms with Gasteiger partial charge in [-0.05, 0) is 59.3 Å². The van der Waals surface area contributed by atoms with E-state index in [1.165, 1.54) is 0 Å². The summed E-state index contributed by atoms with van der Waals surface area (Å²) in [6, 6.07) is 8.33. The van der Waals surface area contributed by atoms with Crippen LogP contribution in [0.4, 0.5) is 5.95 Å². The average Bonchev–Trinajstić information content (AvgIpc) is 3.07. The van der Waals surface area contributed by atoms with E-state index >= 15 is 0 Å². The third-order valence-corrected chi connectivity index (χ3v) is 7.77. The van der Waals surface area contributed by atoms with E-state index in [1.807, 2.05) is 29.7 Å². The quantitative estimate of drug-likeness (QED) is 0.216. The highest BCUT2D eigenvalue weighted by atomic mass is 127. The van der Waals surface area contributed by atoms with Crippen LogP contribution in [-0.4, -0.2) is 35.1 Å². The predicted octanol–water partition coefficient (Wildman–Crippen LogP) is 5.17. The van der Waals surface area contributed by atoms with Crippen molar-refractivity contribution in [3.8, 4) is 22.6 Å². The minimum absolute atomic E-state index is 0.147. The number of halogens is 2. The van der Waals surface area contributed by atoms with Gasteiger partial charge >= 0.3 is 0 Å². The topological polar surface area (TPSA) is 109 Å². The molecule has 0 fully saturated rings. The number of rotatable bonds is 8. The van der Waals surface area contributed by atoms with Gasteiger partial charge in [0.1, 0.15) is 12.4 Å². The second-order valence-electron chi connectivity index (χ2n) is 8.82. The molecule has 0 spiro atoms. The number of hydrogen-bond acceptors (Lipinski definition) is 5. The Hall–Kier alpha value is -1.95. The second-order valence-corrected chi connectivity index (χ2v) is 16.0. The summed E-state index contributed by atoms with van der Waals surface area (Å²) in [5, 5.41) is 0.566. The third-order valence-electron chi connectivity index (χ3n) is 5.04. The Kier molecular flexibility index (Phi) is 7.64. The molecule has 0 aliphatic carbocycles. The lowest BCUT2D eigenvalue weighted by Crippen LogP contribution is -2.22. The Morgan fingerprint density at radius 1 is 1.28 bits per heavy atom. The van der Waals surface area contributed by atoms with Gasteiger partial charge in [-0.15, -0.1) is 0 Å². The van der Waals surface area contributed by atoms with Gasteiger partial charge in [-0.1, -0.05) is 37.3 Å². The normalized spacial score (nSPS) is 11.7. The summed E-state index contributed by atoms with van der Waals surface area (Å²) in [5.74, 6) is -0.396. The number of benzene rings is 1. The van der Waals surface area contributed by atoms with Crippen LogP contribution in [0.25, 0.3) is 22.6 Å². The summed E-state index contributed by atoms with van der Waals surface area (Å²) in [6.07, 6.45) is 1.65. The number of nitrogens with two attached hydrogens (primary N) is 2. The van der Waals surface area contributed by atoms with Gasteiger partial charge in [-0.2, -0.15) is 0 Å². The fraction of sp³-hybridized carbons (Fsp3) is 0.318. The molecule has 1 aromatic carbocycles. The molecular weight excluding hydrogens is 557 g/mol. The number of aryl methyl sites for hydroxylation is 1. The zero-order chi connectivity index (χ0) is 23.6. The van der Waals surface area contributed by atoms with Crippen LogP contribution in [-0.2, 0) is 11.5 Å². The van der Waals surface area contributed by atoms with Crippen LogP contribution in [0.15, 0.2) is 30.5 Å². The fourth-order valence-corrected chi connectivity index (χ4v) is 4.77. The third kappa shape index (κ3) is 5.69. The average molecular weight is 584 g/mol. The fourth-order valence-electron chi connectivity index (χ4n) is 3.30. The molecule has 2 heterocycles. The lowest BCUT2D eigenvalue weighted by molar-refractivity contribution is 0.0893. The molecule has 7 nitrogen and oxygen atoms in total. The zero-order valence-electron chi connectivity index (χ0n) is 18.6. The van der Waals surface area contributed by atoms with Gasteiger partial charge in [-0.25, -0.2) is 9.97 Å². The molecular formula is C22H27ClIN5O2Si. The van der Waals surface area contributed by atoms with Gasteiger partial charge in [-0.3, -0.25) is 4.79 Å². The minimum Gasteiger partial charge on any atom is -0.368 e. The van der Waals surface area contributed by atoms with Crippen molar-refractivity contribution in [2.24, 2.45) is 5.73 Å². The molecule has 3 rings (SSSR count). The number of carbonyl (C=O) groups is 1. The molecule has 3 aromatic rings. The first-order valence-electron chi connectivity index (χ1n) is 10.1. The van der Waals surface area contributed by atoms with Crippen molar-refractivity contribution in [1.29, 1.82) is 0 Å². The highest BCUT2D eigenvalue weighted by Crippen LogP contribution is 2.36. The number of aromatic nitrogens is 3. The molecule has 0 saturated carbocycles. The number of ether oxygens (including phenoxy) is 1. The Morgan fingerprint density at radius 2 is 2.00 bits per heavy atom. The maximum Gasteiger partial charge on any atom is 0.250 e. The molecule has 0 radical (unpaired) electrons. The van der Waals surface area contributed by atoms with E-state index in [0.29, 0.717) is 34.3 Å². The SMILES string of the molecule is Cc1ccc(Cl)cc1-c1c(C(N)=O)cc(-c2nc(N)ncc2I)n1COCC[Si](C)(C)C. The molecule has 0 unspecified atom stereocenters. The van der Waals surface area contributed by atoms with Crippen molar-refractivity contribution in [3.05, 3.63) is 50.2 Å². The minimum atomic E-state index is -1.26. The van der Waals surface area contributed by atoms with E-state index < -0.39 is 14.0 Å². The molecule has 32 heavy (non-hydrogen) atoms. The summed E-state index contributed by atoms with van der Waals surface area (Å²) in [4.78, 5) is 21.0. The Balaban J connectivity index is 2.21. The van der Waals surface area contributed by atoms with E-state index in [1.54, 1.807) is 12.3 Å². The second kappa shape index (κ2) is 9.90. The van der Waals surface area contributed by atoms with Gasteiger partial charge in [0.2, 0.25) is 5.95 Å². The molecule has 2 aromatic heterocycles. The van der Waals surface area contributed by atoms with E-state index in [4.69, 9.17) is 27.8 Å². The molecule has 170 valence electrons. The molecule has 0 bridgehead atoms. The van der Waals surface area contributed by atoms with Crippen molar-refractivity contribution in [1.82, 2.24) is 14.5 Å². The molecule has 0 atom stereocenters. The highest BCUT2D eigenvalue weighted by Gasteiger charge is 2.25. The smallest absolute Gasteiger partial charge is 0.250 e. The maximum atomic E-state index is 12.5. The number of primary amides is 1. The summed E-state index contributed by atoms with van der Waals surface area (Å²) in [6.45, 7) is 9.72. The van der Waals surface area contributed by atoms with Crippen LogP contribution in [0.1, 0.15) is 15.9 Å². The van der Waals surface area contributed by atoms with Crippen molar-refractivity contribution in [2.45, 2.75) is 39.3 Å². The molecule has 4 N–H and O–H groups in total. The molecule has 0 aliphatic rings. The van der Waals surface area contributed by atoms with Crippen molar-refractivity contribution in [3.63, 3.8) is 0 Å². The van der Waals surface area contributed by atoms with Gasteiger partial charge < -0.3 is 20.8 Å². The zero-order valence-corrected chi connectivity index (χ0v) is 22.5. The van der Waals surface area contributed by atoms with Gasteiger partial charge in [0, 0.05) is 31.5 Å². The molecule has 10 heteroatoms. The molecule has 0 saturated heterocycles. The van der Waals surface area contributed by atoms with Crippen molar-refractivity contribution in [2.75, 3.05) is 12.3 Å². The first kappa shape index (κ1) is 24.7. The van der Waals surface area contributed by atoms with Crippen LogP contribution in [0, 0.1) is 10.5 Å². The molecule has 1 amide bonds. The standard InChI is InChI=1S/C22H27ClIN5O2Si/c1-13-5-6-14(23)9-15(13)20-16(21(25)30)10-18(19-17(24)11-27-22(26)28-19)29(20)12-31-7-8-32(2,3)4/h5-6,9-11H,7-8,12H2,1-4H3,(H2,25,30)(H2,26,27,28). The van der Waals surface area contributed by atoms with Gasteiger partial charge in [0.25, 0.3) is 5.91 Å². The van der Waals surface area contributed by atoms with Crippen molar-refractivity contribution < 1.29 is 9.53 Å². The predicted molar refractivity (Wildman–Crippen MR) is 140 cm³/mol. The lowest BCUT2D eigenvalue weighted by Gasteiger charge is -2.19. The van der Waals surface area contributed by atoms with Crippen molar-refractivity contribution >= 4 is 54.1 Å². The summed E-state index contributed by atoms with van der Waals surface area (Å²) in [5.41, 5.74) is 15.7. The summed E-state index contributed by atoms with van der Waals surface area (Å²) < 4.78 is 8.81. The first-order chi connectivity index (χ1) is 15.0. The van der Waals surface area contributed by atoms with Gasteiger partial charge in [0.05, 0.1) is 20.5 Å². The Bertz CT molecular complexity index is 1160. The number of hydrogen-bond donors (Lipinski definition) is 2. The van der Waals surface area contributed by atoms with Gasteiger partial charge in [0.15, 0.2) is 0 Å². The number of anilines is 1. The van der Waals surface area contributed by atoms with Crippen LogP contribution >= 0.6 is 34.2 Å². The van der Waals surface area contributed by atoms with E-state index in [2.05, 4.69) is 52.2 Å². The number of nitrogens with zero attached hydrogens (tertiary/aromatic N) is 3. The monoisotopic (exact) mass is 583 g/mol. The summed E-state index contributed by atoms with van der Waals surface area (Å²) >= 11 is 8.46. The highest BCUT2D eigenvalue weighted by molar-refractivity contribution is 14.1. The number of nitrogen functional groups attached to an aromatic ring is 1. The largest absolute Gasteiger partial charge is 0.368 e. The maximum absolute atomic E-state index is 12.5. The first-order valence-corrected chi connectivity index (χ1v) is 15.3. The summed E-state index contributed by atoms with van der Waals surface area (Å²) in [7, 11) is -1.26. The van der Waals surface area contributed by atoms with E-state index in [-0.39, 0.29) is 12.7 Å². The van der Waals surface area contributed by atoms with Crippen LogP contribution < -0.4 is 11.5 Å². The Labute approximate surface area is 207 Å². The molecule has 0 aliphatic heterocycles. The lowest BCUT2D eigenvalue weighted by atomic mass is 10.0. The van der Waals surface area contributed by atoms with Crippen LogP contribution in [0.2, 0.25) is 30.7 Å². The van der Waals surface area contributed by atoms with E-state index in [9.17, 15) is 4.79 Å². The van der Waals surface area contributed by atoms with Crippen LogP contribution in [0.3, 0.4) is 0 Å². The number of amides is 1. The number of carbonyl (C=O) groups excluding carboxylic acids is 1. The van der Waals surface area contributed by atoms with Crippen LogP contribution in [0.5, 0.6) is 0 Å². The van der Waals surface area contributed by atoms with E-state index in [0.717, 1.165) is 20.7 Å².